The molecule has 0 fully saturated rings. The van der Waals surface area contributed by atoms with Gasteiger partial charge in [-0.25, -0.2) is 8.42 Å². The number of benzene rings is 2. The summed E-state index contributed by atoms with van der Waals surface area (Å²) < 4.78 is 26.6. The van der Waals surface area contributed by atoms with E-state index in [9.17, 15) is 13.5 Å². The van der Waals surface area contributed by atoms with Crippen molar-refractivity contribution in [3.63, 3.8) is 0 Å². The minimum absolute atomic E-state index is 0.188. The van der Waals surface area contributed by atoms with Crippen molar-refractivity contribution in [2.75, 3.05) is 4.72 Å². The quantitative estimate of drug-likeness (QED) is 0.914. The zero-order valence-corrected chi connectivity index (χ0v) is 11.7. The van der Waals surface area contributed by atoms with Crippen molar-refractivity contribution >= 4 is 27.3 Å². The van der Waals surface area contributed by atoms with E-state index in [0.29, 0.717) is 5.02 Å². The third-order valence-corrected chi connectivity index (χ3v) is 4.25. The molecule has 0 spiro atoms. The largest absolute Gasteiger partial charge is 0.507 e. The van der Waals surface area contributed by atoms with Gasteiger partial charge < -0.3 is 5.11 Å². The summed E-state index contributed by atoms with van der Waals surface area (Å²) in [6, 6.07) is 10.7. The van der Waals surface area contributed by atoms with Crippen molar-refractivity contribution in [1.82, 2.24) is 0 Å². The number of phenols is 1. The lowest BCUT2D eigenvalue weighted by Gasteiger charge is -2.11. The molecule has 0 unspecified atom stereocenters. The predicted molar refractivity (Wildman–Crippen MR) is 75.1 cm³/mol. The van der Waals surface area contributed by atoms with E-state index in [-0.39, 0.29) is 16.3 Å². The number of phenolic OH excluding ortho intramolecular Hbond substituents is 1. The van der Waals surface area contributed by atoms with Crippen LogP contribution < -0.4 is 4.72 Å². The van der Waals surface area contributed by atoms with E-state index in [0.717, 1.165) is 5.56 Å². The van der Waals surface area contributed by atoms with Crippen LogP contribution in [0.15, 0.2) is 47.4 Å². The molecule has 2 N–H and O–H groups in total. The Hall–Kier alpha value is -1.72. The summed E-state index contributed by atoms with van der Waals surface area (Å²) in [7, 11) is -3.86. The van der Waals surface area contributed by atoms with Gasteiger partial charge >= 0.3 is 0 Å². The van der Waals surface area contributed by atoms with Crippen LogP contribution in [0.2, 0.25) is 5.02 Å². The number of aromatic hydroxyl groups is 1. The zero-order valence-electron chi connectivity index (χ0n) is 10.1. The van der Waals surface area contributed by atoms with E-state index >= 15 is 0 Å². The third-order valence-electron chi connectivity index (χ3n) is 2.52. The Kier molecular flexibility index (Phi) is 3.68. The summed E-state index contributed by atoms with van der Waals surface area (Å²) >= 11 is 5.97. The normalized spacial score (nSPS) is 11.3. The van der Waals surface area contributed by atoms with Crippen molar-refractivity contribution in [3.8, 4) is 5.75 Å². The molecule has 2 aromatic carbocycles. The number of nitrogens with one attached hydrogen (secondary N) is 1. The average Bonchev–Trinajstić information content (AvgIpc) is 2.33. The maximum absolute atomic E-state index is 12.1. The van der Waals surface area contributed by atoms with Crippen molar-refractivity contribution in [2.45, 2.75) is 11.8 Å². The summed E-state index contributed by atoms with van der Waals surface area (Å²) in [6.45, 7) is 1.85. The lowest BCUT2D eigenvalue weighted by molar-refractivity contribution is 0.459. The average molecular weight is 298 g/mol. The third kappa shape index (κ3) is 3.00. The fourth-order valence-corrected chi connectivity index (χ4v) is 3.10. The molecule has 0 aliphatic heterocycles. The molecular formula is C13H12ClNO3S. The van der Waals surface area contributed by atoms with Crippen LogP contribution in [0.5, 0.6) is 5.75 Å². The van der Waals surface area contributed by atoms with Gasteiger partial charge in [-0.1, -0.05) is 29.8 Å². The summed E-state index contributed by atoms with van der Waals surface area (Å²) in [6.07, 6.45) is 0. The minimum Gasteiger partial charge on any atom is -0.507 e. The highest BCUT2D eigenvalue weighted by molar-refractivity contribution is 7.92. The Morgan fingerprint density at radius 2 is 1.84 bits per heavy atom. The van der Waals surface area contributed by atoms with E-state index in [1.165, 1.54) is 18.2 Å². The molecule has 100 valence electrons. The number of anilines is 1. The monoisotopic (exact) mass is 297 g/mol. The molecule has 19 heavy (non-hydrogen) atoms. The highest BCUT2D eigenvalue weighted by atomic mass is 35.5. The van der Waals surface area contributed by atoms with Gasteiger partial charge in [0.25, 0.3) is 10.0 Å². The lowest BCUT2D eigenvalue weighted by atomic mass is 10.2. The van der Waals surface area contributed by atoms with Crippen LogP contribution in [0.4, 0.5) is 5.69 Å². The maximum Gasteiger partial charge on any atom is 0.265 e. The zero-order chi connectivity index (χ0) is 14.0. The molecule has 4 nitrogen and oxygen atoms in total. The number of rotatable bonds is 3. The number of hydrogen-bond donors (Lipinski definition) is 2. The number of hydrogen-bond acceptors (Lipinski definition) is 3. The van der Waals surface area contributed by atoms with Crippen LogP contribution in [0.3, 0.4) is 0 Å². The van der Waals surface area contributed by atoms with Crippen molar-refractivity contribution < 1.29 is 13.5 Å². The maximum atomic E-state index is 12.1. The summed E-state index contributed by atoms with van der Waals surface area (Å²) in [5.41, 5.74) is 1.20. The highest BCUT2D eigenvalue weighted by Crippen LogP contribution is 2.28. The number of halogens is 1. The van der Waals surface area contributed by atoms with Crippen molar-refractivity contribution in [3.05, 3.63) is 53.1 Å². The Balaban J connectivity index is 2.40. The van der Waals surface area contributed by atoms with Gasteiger partial charge in [0.05, 0.1) is 10.7 Å². The second-order valence-electron chi connectivity index (χ2n) is 4.06. The van der Waals surface area contributed by atoms with Crippen LogP contribution in [0.25, 0.3) is 0 Å². The van der Waals surface area contributed by atoms with E-state index in [4.69, 9.17) is 11.6 Å². The van der Waals surface area contributed by atoms with Gasteiger partial charge in [-0.2, -0.15) is 0 Å². The Bertz CT molecular complexity index is 714. The van der Waals surface area contributed by atoms with Crippen LogP contribution >= 0.6 is 11.6 Å². The predicted octanol–water partition coefficient (Wildman–Crippen LogP) is 3.15. The summed E-state index contributed by atoms with van der Waals surface area (Å²) in [4.78, 5) is -0.188. The first-order chi connectivity index (χ1) is 8.90. The molecule has 0 heterocycles. The van der Waals surface area contributed by atoms with Crippen molar-refractivity contribution in [2.24, 2.45) is 0 Å². The number of para-hydroxylation sites is 1. The summed E-state index contributed by atoms with van der Waals surface area (Å²) in [5, 5.41) is 9.89. The molecule has 0 aromatic heterocycles. The van der Waals surface area contributed by atoms with Gasteiger partial charge in [0, 0.05) is 0 Å². The van der Waals surface area contributed by atoms with Crippen molar-refractivity contribution in [1.29, 1.82) is 0 Å². The second kappa shape index (κ2) is 5.11. The Labute approximate surface area is 116 Å². The standard InChI is InChI=1S/C13H12ClNO3S/c1-9-6-7-11(10(14)8-9)15-19(17,18)13-5-3-2-4-12(13)16/h2-8,15-16H,1H3. The van der Waals surface area contributed by atoms with Crippen LogP contribution in [0.1, 0.15) is 5.56 Å². The smallest absolute Gasteiger partial charge is 0.265 e. The Morgan fingerprint density at radius 1 is 1.16 bits per heavy atom. The molecule has 0 aliphatic carbocycles. The van der Waals surface area contributed by atoms with Gasteiger partial charge in [-0.05, 0) is 36.8 Å². The van der Waals surface area contributed by atoms with Gasteiger partial charge in [0.15, 0.2) is 0 Å². The minimum atomic E-state index is -3.86. The van der Waals surface area contributed by atoms with Gasteiger partial charge in [-0.3, -0.25) is 4.72 Å². The molecule has 0 saturated heterocycles. The van der Waals surface area contributed by atoms with E-state index in [2.05, 4.69) is 4.72 Å². The molecule has 0 atom stereocenters. The van der Waals surface area contributed by atoms with Gasteiger partial charge in [0.1, 0.15) is 10.6 Å². The first kappa shape index (κ1) is 13.7. The first-order valence-electron chi connectivity index (χ1n) is 5.47. The summed E-state index contributed by atoms with van der Waals surface area (Å²) in [5.74, 6) is -0.307. The van der Waals surface area contributed by atoms with Crippen LogP contribution in [0, 0.1) is 6.92 Å². The van der Waals surface area contributed by atoms with Gasteiger partial charge in [0.2, 0.25) is 0 Å². The fraction of sp³-hybridized carbons (Fsp3) is 0.0769. The fourth-order valence-electron chi connectivity index (χ4n) is 1.59. The molecule has 0 amide bonds. The second-order valence-corrected chi connectivity index (χ2v) is 6.11. The molecule has 2 rings (SSSR count). The molecule has 6 heteroatoms. The molecule has 0 aliphatic rings. The molecule has 0 saturated carbocycles. The van der Waals surface area contributed by atoms with E-state index in [1.54, 1.807) is 24.3 Å². The first-order valence-corrected chi connectivity index (χ1v) is 7.33. The molecule has 0 bridgehead atoms. The number of sulfonamides is 1. The Morgan fingerprint density at radius 3 is 2.47 bits per heavy atom. The number of aryl methyl sites for hydroxylation is 1. The highest BCUT2D eigenvalue weighted by Gasteiger charge is 2.19. The van der Waals surface area contributed by atoms with E-state index in [1.807, 2.05) is 6.92 Å². The van der Waals surface area contributed by atoms with E-state index < -0.39 is 10.0 Å². The lowest BCUT2D eigenvalue weighted by Crippen LogP contribution is -2.13. The topological polar surface area (TPSA) is 66.4 Å². The van der Waals surface area contributed by atoms with Crippen LogP contribution in [-0.2, 0) is 10.0 Å². The molecule has 2 aromatic rings. The van der Waals surface area contributed by atoms with Crippen LogP contribution in [-0.4, -0.2) is 13.5 Å². The SMILES string of the molecule is Cc1ccc(NS(=O)(=O)c2ccccc2O)c(Cl)c1. The van der Waals surface area contributed by atoms with Gasteiger partial charge in [-0.15, -0.1) is 0 Å². The molecule has 0 radical (unpaired) electrons. The molecular weight excluding hydrogens is 286 g/mol.